The zero-order valence-corrected chi connectivity index (χ0v) is 38.8. The van der Waals surface area contributed by atoms with Crippen molar-refractivity contribution in [3.8, 4) is 66.8 Å². The smallest absolute Gasteiger partial charge is 0.0462 e. The first kappa shape index (κ1) is 43.3. The molecule has 2 nitrogen and oxygen atoms in total. The third-order valence-electron chi connectivity index (χ3n) is 13.1. The fourth-order valence-electron chi connectivity index (χ4n) is 9.27. The molecule has 0 saturated heterocycles. The molecule has 11 aromatic carbocycles. The van der Waals surface area contributed by atoms with Gasteiger partial charge in [-0.2, -0.15) is 0 Å². The van der Waals surface area contributed by atoms with Gasteiger partial charge in [0.15, 0.2) is 0 Å². The van der Waals surface area contributed by atoms with Gasteiger partial charge >= 0.3 is 0 Å². The fraction of sp³-hybridized carbons (Fsp3) is 0. The average Bonchev–Trinajstić information content (AvgIpc) is 3.45. The summed E-state index contributed by atoms with van der Waals surface area (Å²) in [6, 6.07) is 102. The molecule has 11 rings (SSSR count). The van der Waals surface area contributed by atoms with Gasteiger partial charge in [-0.1, -0.05) is 225 Å². The molecule has 0 amide bonds. The molecule has 0 aliphatic rings. The van der Waals surface area contributed by atoms with Gasteiger partial charge in [-0.25, -0.2) is 0 Å². The lowest BCUT2D eigenvalue weighted by molar-refractivity contribution is 1.28. The first-order valence-electron chi connectivity index (χ1n) is 23.8. The Hall–Kier alpha value is -9.24. The van der Waals surface area contributed by atoms with Gasteiger partial charge in [-0.3, -0.25) is 0 Å². The Kier molecular flexibility index (Phi) is 12.3. The summed E-state index contributed by atoms with van der Waals surface area (Å²) in [4.78, 5) is 4.67. The van der Waals surface area contributed by atoms with Gasteiger partial charge in [-0.15, -0.1) is 0 Å². The van der Waals surface area contributed by atoms with Crippen LogP contribution >= 0.6 is 0 Å². The molecule has 0 radical (unpaired) electrons. The van der Waals surface area contributed by atoms with Crippen LogP contribution in [0.4, 0.5) is 34.1 Å². The lowest BCUT2D eigenvalue weighted by atomic mass is 9.99. The molecular formula is C68H50N2. The van der Waals surface area contributed by atoms with E-state index in [1.807, 2.05) is 6.08 Å². The van der Waals surface area contributed by atoms with Crippen molar-refractivity contribution in [1.82, 2.24) is 0 Å². The second-order valence-electron chi connectivity index (χ2n) is 17.5. The van der Waals surface area contributed by atoms with E-state index in [0.29, 0.717) is 0 Å². The Morgan fingerprint density at radius 2 is 0.343 bits per heavy atom. The first-order chi connectivity index (χ1) is 34.6. The largest absolute Gasteiger partial charge is 0.311 e. The minimum Gasteiger partial charge on any atom is -0.311 e. The Bertz CT molecular complexity index is 3360. The maximum absolute atomic E-state index is 3.89. The van der Waals surface area contributed by atoms with Crippen LogP contribution in [0.5, 0.6) is 0 Å². The van der Waals surface area contributed by atoms with Gasteiger partial charge in [-0.05, 0) is 145 Å². The van der Waals surface area contributed by atoms with E-state index >= 15 is 0 Å². The van der Waals surface area contributed by atoms with E-state index in [0.717, 1.165) is 50.8 Å². The van der Waals surface area contributed by atoms with E-state index < -0.39 is 0 Å². The molecule has 0 unspecified atom stereocenters. The molecular weight excluding hydrogens is 845 g/mol. The van der Waals surface area contributed by atoms with E-state index in [9.17, 15) is 0 Å². The normalized spacial score (nSPS) is 10.9. The minimum atomic E-state index is 1.08. The standard InChI is InChI=1S/C68H50N2/c1-2-50-18-20-54(21-19-50)55-22-24-56(25-23-55)60-32-44-66(45-33-60)70(65-42-30-59(31-43-65)53-16-10-5-11-17-53)68-48-36-62(37-49-68)61-34-46-67(47-35-61)69(63-38-26-57(27-39-63)51-12-6-3-7-13-51)64-40-28-58(29-41-64)52-14-8-4-9-15-52/h2-49H,1H2. The molecule has 0 fully saturated rings. The molecule has 0 atom stereocenters. The van der Waals surface area contributed by atoms with E-state index in [2.05, 4.69) is 301 Å². The second-order valence-corrected chi connectivity index (χ2v) is 17.5. The third-order valence-corrected chi connectivity index (χ3v) is 13.1. The van der Waals surface area contributed by atoms with Gasteiger partial charge in [0.25, 0.3) is 0 Å². The Morgan fingerprint density at radius 1 is 0.186 bits per heavy atom. The molecule has 0 saturated carbocycles. The number of nitrogens with zero attached hydrogens (tertiary/aromatic N) is 2. The molecule has 0 heterocycles. The lowest BCUT2D eigenvalue weighted by Crippen LogP contribution is -2.10. The highest BCUT2D eigenvalue weighted by atomic mass is 15.1. The van der Waals surface area contributed by atoms with Crippen LogP contribution in [0.2, 0.25) is 0 Å². The molecule has 0 aromatic heterocycles. The number of hydrogen-bond acceptors (Lipinski definition) is 2. The average molecular weight is 895 g/mol. The predicted molar refractivity (Wildman–Crippen MR) is 299 cm³/mol. The van der Waals surface area contributed by atoms with Gasteiger partial charge in [0.1, 0.15) is 0 Å². The monoisotopic (exact) mass is 894 g/mol. The highest BCUT2D eigenvalue weighted by Crippen LogP contribution is 2.40. The molecule has 70 heavy (non-hydrogen) atoms. The molecule has 0 spiro atoms. The molecule has 332 valence electrons. The highest BCUT2D eigenvalue weighted by Gasteiger charge is 2.16. The predicted octanol–water partition coefficient (Wildman–Crippen LogP) is 19.3. The zero-order valence-electron chi connectivity index (χ0n) is 38.8. The molecule has 11 aromatic rings. The third kappa shape index (κ3) is 9.35. The first-order valence-corrected chi connectivity index (χ1v) is 23.8. The molecule has 2 heteroatoms. The number of benzene rings is 11. The summed E-state index contributed by atoms with van der Waals surface area (Å²) in [7, 11) is 0. The van der Waals surface area contributed by atoms with Crippen molar-refractivity contribution in [2.45, 2.75) is 0 Å². The van der Waals surface area contributed by atoms with Crippen LogP contribution in [-0.4, -0.2) is 0 Å². The van der Waals surface area contributed by atoms with E-state index in [4.69, 9.17) is 0 Å². The van der Waals surface area contributed by atoms with Gasteiger partial charge in [0.05, 0.1) is 0 Å². The quantitative estimate of drug-likeness (QED) is 0.114. The summed E-state index contributed by atoms with van der Waals surface area (Å²) in [5.41, 5.74) is 21.9. The maximum atomic E-state index is 3.89. The van der Waals surface area contributed by atoms with Crippen molar-refractivity contribution >= 4 is 40.2 Å². The highest BCUT2D eigenvalue weighted by molar-refractivity contribution is 5.84. The summed E-state index contributed by atoms with van der Waals surface area (Å²) in [5.74, 6) is 0. The Labute approximate surface area is 412 Å². The Morgan fingerprint density at radius 3 is 0.529 bits per heavy atom. The molecule has 0 aliphatic heterocycles. The lowest BCUT2D eigenvalue weighted by Gasteiger charge is -2.27. The van der Waals surface area contributed by atoms with Gasteiger partial charge in [0.2, 0.25) is 0 Å². The topological polar surface area (TPSA) is 6.48 Å². The van der Waals surface area contributed by atoms with Crippen molar-refractivity contribution in [2.75, 3.05) is 9.80 Å². The molecule has 0 aliphatic carbocycles. The van der Waals surface area contributed by atoms with Crippen molar-refractivity contribution in [3.05, 3.63) is 297 Å². The molecule has 0 N–H and O–H groups in total. The molecule has 0 bridgehead atoms. The van der Waals surface area contributed by atoms with Crippen LogP contribution in [0, 0.1) is 0 Å². The summed E-state index contributed by atoms with van der Waals surface area (Å²) in [6.45, 7) is 3.89. The summed E-state index contributed by atoms with van der Waals surface area (Å²) in [6.07, 6.45) is 1.88. The number of hydrogen-bond donors (Lipinski definition) is 0. The minimum absolute atomic E-state index is 1.08. The van der Waals surface area contributed by atoms with Crippen LogP contribution in [0.25, 0.3) is 72.8 Å². The van der Waals surface area contributed by atoms with Gasteiger partial charge < -0.3 is 9.80 Å². The van der Waals surface area contributed by atoms with Crippen molar-refractivity contribution in [1.29, 1.82) is 0 Å². The number of anilines is 6. The van der Waals surface area contributed by atoms with Crippen LogP contribution < -0.4 is 9.80 Å². The van der Waals surface area contributed by atoms with Crippen molar-refractivity contribution in [2.24, 2.45) is 0 Å². The maximum Gasteiger partial charge on any atom is 0.0462 e. The van der Waals surface area contributed by atoms with Crippen molar-refractivity contribution < 1.29 is 0 Å². The fourth-order valence-corrected chi connectivity index (χ4v) is 9.27. The summed E-state index contributed by atoms with van der Waals surface area (Å²) >= 11 is 0. The van der Waals surface area contributed by atoms with Gasteiger partial charge in [0, 0.05) is 34.1 Å². The van der Waals surface area contributed by atoms with Crippen LogP contribution in [0.1, 0.15) is 5.56 Å². The number of rotatable bonds is 13. The van der Waals surface area contributed by atoms with E-state index in [1.54, 1.807) is 0 Å². The van der Waals surface area contributed by atoms with E-state index in [1.165, 1.54) is 55.6 Å². The van der Waals surface area contributed by atoms with Crippen LogP contribution in [0.3, 0.4) is 0 Å². The second kappa shape index (κ2) is 19.9. The van der Waals surface area contributed by atoms with Crippen LogP contribution in [0.15, 0.2) is 292 Å². The summed E-state index contributed by atoms with van der Waals surface area (Å²) < 4.78 is 0. The zero-order chi connectivity index (χ0) is 47.1. The van der Waals surface area contributed by atoms with Crippen molar-refractivity contribution in [3.63, 3.8) is 0 Å². The summed E-state index contributed by atoms with van der Waals surface area (Å²) in [5, 5.41) is 0. The van der Waals surface area contributed by atoms with E-state index in [-0.39, 0.29) is 0 Å². The van der Waals surface area contributed by atoms with Crippen LogP contribution in [-0.2, 0) is 0 Å². The Balaban J connectivity index is 0.885. The SMILES string of the molecule is C=Cc1ccc(-c2ccc(-c3ccc(N(c4ccc(-c5ccccc5)cc4)c4ccc(-c5ccc(N(c6ccc(-c7ccccc7)cc6)c6ccc(-c7ccccc7)cc6)cc5)cc4)cc3)cc2)cc1.